The molecule has 0 saturated carbocycles. The molecule has 0 saturated heterocycles. The van der Waals surface area contributed by atoms with Gasteiger partial charge in [-0.2, -0.15) is 0 Å². The van der Waals surface area contributed by atoms with Gasteiger partial charge in [0, 0.05) is 22.1 Å². The summed E-state index contributed by atoms with van der Waals surface area (Å²) in [4.78, 5) is 12.2. The van der Waals surface area contributed by atoms with E-state index in [0.717, 1.165) is 22.2 Å². The number of rotatable bonds is 7. The first kappa shape index (κ1) is 18.0. The van der Waals surface area contributed by atoms with Crippen LogP contribution in [0.25, 0.3) is 0 Å². The molecule has 0 aliphatic rings. The number of hydrogen-bond donors (Lipinski definition) is 2. The van der Waals surface area contributed by atoms with Crippen LogP contribution in [0.4, 0.5) is 0 Å². The van der Waals surface area contributed by atoms with Gasteiger partial charge in [-0.05, 0) is 52.4 Å². The Morgan fingerprint density at radius 2 is 2.10 bits per heavy atom. The summed E-state index contributed by atoms with van der Waals surface area (Å²) in [5.41, 5.74) is 0.795. The Balaban J connectivity index is 2.78. The van der Waals surface area contributed by atoms with Crippen LogP contribution < -0.4 is 15.4 Å². The van der Waals surface area contributed by atoms with Crippen LogP contribution in [0, 0.1) is 0 Å². The molecule has 0 aromatic heterocycles. The van der Waals surface area contributed by atoms with E-state index in [1.54, 1.807) is 6.92 Å². The second-order valence-corrected chi connectivity index (χ2v) is 6.68. The van der Waals surface area contributed by atoms with Crippen LogP contribution in [0.2, 0.25) is 0 Å². The van der Waals surface area contributed by atoms with E-state index in [1.807, 2.05) is 46.0 Å². The third-order valence-corrected chi connectivity index (χ3v) is 3.90. The largest absolute Gasteiger partial charge is 0.481 e. The molecule has 0 heterocycles. The van der Waals surface area contributed by atoms with Gasteiger partial charge in [0.05, 0.1) is 0 Å². The van der Waals surface area contributed by atoms with Crippen molar-refractivity contribution >= 4 is 21.8 Å². The molecule has 1 aromatic carbocycles. The Labute approximate surface area is 135 Å². The molecule has 0 bridgehead atoms. The normalized spacial score (nSPS) is 12.9. The molecule has 0 spiro atoms. The van der Waals surface area contributed by atoms with E-state index in [4.69, 9.17) is 4.74 Å². The van der Waals surface area contributed by atoms with Crippen molar-refractivity contribution in [3.63, 3.8) is 0 Å². The molecule has 21 heavy (non-hydrogen) atoms. The zero-order valence-corrected chi connectivity index (χ0v) is 15.0. The average molecular weight is 357 g/mol. The van der Waals surface area contributed by atoms with E-state index < -0.39 is 6.10 Å². The highest BCUT2D eigenvalue weighted by Gasteiger charge is 2.23. The SMILES string of the molecule is CCC(C)(C)NC(=O)C(C)Oc1ccc(Br)cc1CNC. The first-order valence-electron chi connectivity index (χ1n) is 7.20. The lowest BCUT2D eigenvalue weighted by Gasteiger charge is -2.27. The van der Waals surface area contributed by atoms with Crippen molar-refractivity contribution in [1.29, 1.82) is 0 Å². The van der Waals surface area contributed by atoms with Crippen LogP contribution in [0.3, 0.4) is 0 Å². The number of nitrogens with one attached hydrogen (secondary N) is 2. The number of hydrogen-bond acceptors (Lipinski definition) is 3. The van der Waals surface area contributed by atoms with Crippen LogP contribution in [0.15, 0.2) is 22.7 Å². The zero-order valence-electron chi connectivity index (χ0n) is 13.4. The Morgan fingerprint density at radius 3 is 2.67 bits per heavy atom. The maximum atomic E-state index is 12.2. The van der Waals surface area contributed by atoms with E-state index in [-0.39, 0.29) is 11.4 Å². The highest BCUT2D eigenvalue weighted by molar-refractivity contribution is 9.10. The highest BCUT2D eigenvalue weighted by atomic mass is 79.9. The molecule has 1 unspecified atom stereocenters. The van der Waals surface area contributed by atoms with Crippen molar-refractivity contribution in [2.75, 3.05) is 7.05 Å². The molecule has 1 amide bonds. The molecule has 0 radical (unpaired) electrons. The summed E-state index contributed by atoms with van der Waals surface area (Å²) in [5, 5.41) is 6.10. The zero-order chi connectivity index (χ0) is 16.0. The molecule has 4 nitrogen and oxygen atoms in total. The number of carbonyl (C=O) groups is 1. The van der Waals surface area contributed by atoms with E-state index in [2.05, 4.69) is 26.6 Å². The van der Waals surface area contributed by atoms with Crippen molar-refractivity contribution in [3.8, 4) is 5.75 Å². The van der Waals surface area contributed by atoms with Crippen LogP contribution in [0.1, 0.15) is 39.7 Å². The van der Waals surface area contributed by atoms with Crippen molar-refractivity contribution in [3.05, 3.63) is 28.2 Å². The van der Waals surface area contributed by atoms with Gasteiger partial charge in [-0.15, -0.1) is 0 Å². The molecule has 1 atom stereocenters. The molecule has 1 rings (SSSR count). The molecule has 0 aliphatic heterocycles. The topological polar surface area (TPSA) is 50.4 Å². The summed E-state index contributed by atoms with van der Waals surface area (Å²) in [6.45, 7) is 8.51. The second kappa shape index (κ2) is 7.80. The van der Waals surface area contributed by atoms with Gasteiger partial charge < -0.3 is 15.4 Å². The van der Waals surface area contributed by atoms with Crippen molar-refractivity contribution in [2.24, 2.45) is 0 Å². The van der Waals surface area contributed by atoms with E-state index in [1.165, 1.54) is 0 Å². The van der Waals surface area contributed by atoms with Gasteiger partial charge >= 0.3 is 0 Å². The standard InChI is InChI=1S/C16H25BrN2O2/c1-6-16(3,4)19-15(20)11(2)21-14-8-7-13(17)9-12(14)10-18-5/h7-9,11,18H,6,10H2,1-5H3,(H,19,20). The third kappa shape index (κ3) is 5.67. The van der Waals surface area contributed by atoms with Crippen LogP contribution in [-0.2, 0) is 11.3 Å². The van der Waals surface area contributed by atoms with Gasteiger partial charge in [0.15, 0.2) is 6.10 Å². The van der Waals surface area contributed by atoms with Crippen LogP contribution in [-0.4, -0.2) is 24.6 Å². The Morgan fingerprint density at radius 1 is 1.43 bits per heavy atom. The quantitative estimate of drug-likeness (QED) is 0.788. The van der Waals surface area contributed by atoms with Gasteiger partial charge in [0.2, 0.25) is 0 Å². The first-order valence-corrected chi connectivity index (χ1v) is 8.00. The lowest BCUT2D eigenvalue weighted by atomic mass is 10.0. The van der Waals surface area contributed by atoms with Crippen molar-refractivity contribution in [2.45, 2.75) is 52.3 Å². The molecule has 5 heteroatoms. The van der Waals surface area contributed by atoms with Crippen LogP contribution in [0.5, 0.6) is 5.75 Å². The van der Waals surface area contributed by atoms with Gasteiger partial charge in [-0.25, -0.2) is 0 Å². The number of halogens is 1. The molecule has 118 valence electrons. The third-order valence-electron chi connectivity index (χ3n) is 3.41. The molecule has 0 aliphatic carbocycles. The average Bonchev–Trinajstić information content (AvgIpc) is 2.41. The van der Waals surface area contributed by atoms with E-state index in [0.29, 0.717) is 6.54 Å². The molecule has 1 aromatic rings. The summed E-state index contributed by atoms with van der Waals surface area (Å²) >= 11 is 3.45. The maximum absolute atomic E-state index is 12.2. The molecule has 2 N–H and O–H groups in total. The molecular weight excluding hydrogens is 332 g/mol. The smallest absolute Gasteiger partial charge is 0.261 e. The summed E-state index contributed by atoms with van der Waals surface area (Å²) in [5.74, 6) is 0.629. The number of carbonyl (C=O) groups excluding carboxylic acids is 1. The number of amides is 1. The summed E-state index contributed by atoms with van der Waals surface area (Å²) in [6.07, 6.45) is 0.335. The van der Waals surface area contributed by atoms with Gasteiger partial charge in [-0.3, -0.25) is 4.79 Å². The number of benzene rings is 1. The van der Waals surface area contributed by atoms with E-state index >= 15 is 0 Å². The van der Waals surface area contributed by atoms with Gasteiger partial charge in [0.25, 0.3) is 5.91 Å². The molecular formula is C16H25BrN2O2. The minimum atomic E-state index is -0.535. The Kier molecular flexibility index (Phi) is 6.68. The summed E-state index contributed by atoms with van der Waals surface area (Å²) in [7, 11) is 1.88. The molecule has 0 fully saturated rings. The van der Waals surface area contributed by atoms with Crippen molar-refractivity contribution in [1.82, 2.24) is 10.6 Å². The fourth-order valence-corrected chi connectivity index (χ4v) is 2.17. The van der Waals surface area contributed by atoms with Crippen molar-refractivity contribution < 1.29 is 9.53 Å². The lowest BCUT2D eigenvalue weighted by Crippen LogP contribution is -2.48. The van der Waals surface area contributed by atoms with Gasteiger partial charge in [0.1, 0.15) is 5.75 Å². The minimum Gasteiger partial charge on any atom is -0.481 e. The van der Waals surface area contributed by atoms with Crippen LogP contribution >= 0.6 is 15.9 Å². The lowest BCUT2D eigenvalue weighted by molar-refractivity contribution is -0.129. The second-order valence-electron chi connectivity index (χ2n) is 5.77. The fourth-order valence-electron chi connectivity index (χ4n) is 1.76. The Hall–Kier alpha value is -1.07. The maximum Gasteiger partial charge on any atom is 0.261 e. The number of ether oxygens (including phenoxy) is 1. The Bertz CT molecular complexity index is 489. The summed E-state index contributed by atoms with van der Waals surface area (Å²) < 4.78 is 6.82. The van der Waals surface area contributed by atoms with Gasteiger partial charge in [-0.1, -0.05) is 22.9 Å². The predicted molar refractivity (Wildman–Crippen MR) is 89.5 cm³/mol. The summed E-state index contributed by atoms with van der Waals surface area (Å²) in [6, 6.07) is 5.78. The highest BCUT2D eigenvalue weighted by Crippen LogP contribution is 2.24. The van der Waals surface area contributed by atoms with E-state index in [9.17, 15) is 4.79 Å². The first-order chi connectivity index (χ1) is 9.79. The monoisotopic (exact) mass is 356 g/mol. The minimum absolute atomic E-state index is 0.0971. The fraction of sp³-hybridized carbons (Fsp3) is 0.562. The predicted octanol–water partition coefficient (Wildman–Crippen LogP) is 3.24.